The molecule has 3 nitrogen and oxygen atoms in total. The van der Waals surface area contributed by atoms with E-state index >= 15 is 0 Å². The van der Waals surface area contributed by atoms with Gasteiger partial charge in [0.15, 0.2) is 0 Å². The third kappa shape index (κ3) is 2.52. The van der Waals surface area contributed by atoms with Gasteiger partial charge in [-0.3, -0.25) is 4.98 Å². The number of aromatic carboxylic acids is 1. The molecule has 22 heavy (non-hydrogen) atoms. The molecular formula is C16H8Cl3NO2. The lowest BCUT2D eigenvalue weighted by Gasteiger charge is -2.10. The zero-order valence-corrected chi connectivity index (χ0v) is 13.2. The molecule has 1 aromatic heterocycles. The lowest BCUT2D eigenvalue weighted by Crippen LogP contribution is -1.97. The van der Waals surface area contributed by atoms with Crippen molar-refractivity contribution in [2.75, 3.05) is 0 Å². The Labute approximate surface area is 141 Å². The molecule has 6 heteroatoms. The zero-order chi connectivity index (χ0) is 15.9. The van der Waals surface area contributed by atoms with Crippen LogP contribution in [0.5, 0.6) is 0 Å². The second-order valence-corrected chi connectivity index (χ2v) is 5.81. The molecule has 3 rings (SSSR count). The second kappa shape index (κ2) is 5.76. The van der Waals surface area contributed by atoms with Crippen molar-refractivity contribution < 1.29 is 9.90 Å². The molecule has 110 valence electrons. The minimum absolute atomic E-state index is 0.149. The highest BCUT2D eigenvalue weighted by Crippen LogP contribution is 2.37. The van der Waals surface area contributed by atoms with E-state index in [1.807, 2.05) is 0 Å². The number of nitrogens with zero attached hydrogens (tertiary/aromatic N) is 1. The molecule has 3 aromatic rings. The number of rotatable bonds is 2. The van der Waals surface area contributed by atoms with Crippen LogP contribution in [0.2, 0.25) is 15.1 Å². The van der Waals surface area contributed by atoms with E-state index in [0.29, 0.717) is 37.1 Å². The van der Waals surface area contributed by atoms with Crippen molar-refractivity contribution in [1.82, 2.24) is 4.98 Å². The Morgan fingerprint density at radius 3 is 2.50 bits per heavy atom. The predicted molar refractivity (Wildman–Crippen MR) is 89.2 cm³/mol. The quantitative estimate of drug-likeness (QED) is 0.657. The van der Waals surface area contributed by atoms with E-state index in [9.17, 15) is 9.90 Å². The number of benzene rings is 2. The Balaban J connectivity index is 2.38. The maximum atomic E-state index is 11.2. The first-order valence-corrected chi connectivity index (χ1v) is 7.38. The molecule has 1 N–H and O–H groups in total. The predicted octanol–water partition coefficient (Wildman–Crippen LogP) is 5.56. The van der Waals surface area contributed by atoms with Gasteiger partial charge in [-0.2, -0.15) is 0 Å². The highest BCUT2D eigenvalue weighted by molar-refractivity contribution is 6.44. The first-order valence-electron chi connectivity index (χ1n) is 6.25. The summed E-state index contributed by atoms with van der Waals surface area (Å²) in [6.07, 6.45) is 1.51. The lowest BCUT2D eigenvalue weighted by atomic mass is 10.0. The molecule has 1 heterocycles. The fourth-order valence-electron chi connectivity index (χ4n) is 2.24. The third-order valence-electron chi connectivity index (χ3n) is 3.29. The number of carbonyl (C=O) groups is 1. The fourth-order valence-corrected chi connectivity index (χ4v) is 2.85. The monoisotopic (exact) mass is 351 g/mol. The van der Waals surface area contributed by atoms with E-state index in [1.165, 1.54) is 18.3 Å². The number of carboxylic acid groups (broad SMARTS) is 1. The summed E-state index contributed by atoms with van der Waals surface area (Å²) in [5, 5.41) is 11.7. The van der Waals surface area contributed by atoms with E-state index in [-0.39, 0.29) is 5.56 Å². The van der Waals surface area contributed by atoms with Gasteiger partial charge in [0.2, 0.25) is 0 Å². The smallest absolute Gasteiger partial charge is 0.335 e. The summed E-state index contributed by atoms with van der Waals surface area (Å²) < 4.78 is 0. The Morgan fingerprint density at radius 1 is 1.00 bits per heavy atom. The summed E-state index contributed by atoms with van der Waals surface area (Å²) in [6, 6.07) is 9.89. The van der Waals surface area contributed by atoms with Gasteiger partial charge in [0, 0.05) is 22.5 Å². The number of halogens is 3. The van der Waals surface area contributed by atoms with E-state index in [1.54, 1.807) is 24.3 Å². The number of aromatic nitrogens is 1. The van der Waals surface area contributed by atoms with Crippen LogP contribution in [0.1, 0.15) is 10.4 Å². The first kappa shape index (κ1) is 15.1. The average Bonchev–Trinajstić information content (AvgIpc) is 2.50. The molecule has 0 saturated heterocycles. The summed E-state index contributed by atoms with van der Waals surface area (Å²) in [5.41, 5.74) is 1.31. The normalized spacial score (nSPS) is 10.9. The second-order valence-electron chi connectivity index (χ2n) is 4.62. The molecular weight excluding hydrogens is 345 g/mol. The molecule has 0 fully saturated rings. The molecule has 0 spiro atoms. The molecule has 0 aliphatic rings. The van der Waals surface area contributed by atoms with Gasteiger partial charge in [-0.1, -0.05) is 53.0 Å². The largest absolute Gasteiger partial charge is 0.478 e. The molecule has 0 radical (unpaired) electrons. The average molecular weight is 353 g/mol. The first-order chi connectivity index (χ1) is 10.5. The van der Waals surface area contributed by atoms with Gasteiger partial charge in [-0.05, 0) is 18.2 Å². The third-order valence-corrected chi connectivity index (χ3v) is 4.41. The van der Waals surface area contributed by atoms with Gasteiger partial charge in [0.05, 0.1) is 26.3 Å². The van der Waals surface area contributed by atoms with Crippen LogP contribution in [0.3, 0.4) is 0 Å². The van der Waals surface area contributed by atoms with Gasteiger partial charge < -0.3 is 5.11 Å². The van der Waals surface area contributed by atoms with Crippen LogP contribution < -0.4 is 0 Å². The minimum Gasteiger partial charge on any atom is -0.478 e. The highest BCUT2D eigenvalue weighted by atomic mass is 35.5. The van der Waals surface area contributed by atoms with Gasteiger partial charge in [-0.25, -0.2) is 4.79 Å². The molecule has 0 amide bonds. The van der Waals surface area contributed by atoms with Gasteiger partial charge in [-0.15, -0.1) is 0 Å². The minimum atomic E-state index is -1.02. The van der Waals surface area contributed by atoms with Crippen LogP contribution in [0, 0.1) is 0 Å². The van der Waals surface area contributed by atoms with E-state index in [0.717, 1.165) is 0 Å². The lowest BCUT2D eigenvalue weighted by molar-refractivity contribution is 0.0697. The molecule has 0 bridgehead atoms. The van der Waals surface area contributed by atoms with Crippen LogP contribution >= 0.6 is 34.8 Å². The number of hydrogen-bond donors (Lipinski definition) is 1. The van der Waals surface area contributed by atoms with Gasteiger partial charge in [0.25, 0.3) is 0 Å². The van der Waals surface area contributed by atoms with Gasteiger partial charge in [0.1, 0.15) is 0 Å². The topological polar surface area (TPSA) is 50.2 Å². The SMILES string of the molecule is O=C(O)c1ccc2c(Cl)cnc(-c3cccc(Cl)c3Cl)c2c1. The number of hydrogen-bond acceptors (Lipinski definition) is 2. The van der Waals surface area contributed by atoms with E-state index in [2.05, 4.69) is 4.98 Å². The Hall–Kier alpha value is -1.81. The van der Waals surface area contributed by atoms with Crippen molar-refractivity contribution in [3.63, 3.8) is 0 Å². The summed E-state index contributed by atoms with van der Waals surface area (Å²) in [4.78, 5) is 15.5. The number of pyridine rings is 1. The summed E-state index contributed by atoms with van der Waals surface area (Å²) in [7, 11) is 0. The van der Waals surface area contributed by atoms with Crippen LogP contribution in [0.15, 0.2) is 42.6 Å². The fraction of sp³-hybridized carbons (Fsp3) is 0. The summed E-state index contributed by atoms with van der Waals surface area (Å²) >= 11 is 18.4. The summed E-state index contributed by atoms with van der Waals surface area (Å²) in [6.45, 7) is 0. The van der Waals surface area contributed by atoms with E-state index < -0.39 is 5.97 Å². The van der Waals surface area contributed by atoms with Crippen molar-refractivity contribution in [1.29, 1.82) is 0 Å². The molecule has 2 aromatic carbocycles. The van der Waals surface area contributed by atoms with Crippen molar-refractivity contribution in [3.05, 3.63) is 63.2 Å². The van der Waals surface area contributed by atoms with Gasteiger partial charge >= 0.3 is 5.97 Å². The van der Waals surface area contributed by atoms with Crippen molar-refractivity contribution >= 4 is 51.5 Å². The molecule has 0 unspecified atom stereocenters. The van der Waals surface area contributed by atoms with Crippen LogP contribution in [-0.4, -0.2) is 16.1 Å². The molecule has 0 aliphatic heterocycles. The van der Waals surface area contributed by atoms with Crippen LogP contribution in [0.25, 0.3) is 22.0 Å². The highest BCUT2D eigenvalue weighted by Gasteiger charge is 2.15. The van der Waals surface area contributed by atoms with Crippen LogP contribution in [0.4, 0.5) is 0 Å². The zero-order valence-electron chi connectivity index (χ0n) is 11.0. The van der Waals surface area contributed by atoms with Crippen LogP contribution in [-0.2, 0) is 0 Å². The van der Waals surface area contributed by atoms with Crippen molar-refractivity contribution in [3.8, 4) is 11.3 Å². The molecule has 0 saturated carbocycles. The number of fused-ring (bicyclic) bond motifs is 1. The summed E-state index contributed by atoms with van der Waals surface area (Å²) in [5.74, 6) is -1.02. The maximum Gasteiger partial charge on any atom is 0.335 e. The Morgan fingerprint density at radius 2 is 1.77 bits per heavy atom. The Kier molecular flexibility index (Phi) is 3.96. The van der Waals surface area contributed by atoms with Crippen molar-refractivity contribution in [2.45, 2.75) is 0 Å². The maximum absolute atomic E-state index is 11.2. The Bertz CT molecular complexity index is 909. The standard InChI is InChI=1S/C16H8Cl3NO2/c17-12-3-1-2-10(14(12)19)15-11-6-8(16(21)22)4-5-9(11)13(18)7-20-15/h1-7H,(H,21,22). The molecule has 0 aliphatic carbocycles. The molecule has 0 atom stereocenters. The van der Waals surface area contributed by atoms with E-state index in [4.69, 9.17) is 34.8 Å². The number of carboxylic acids is 1. The van der Waals surface area contributed by atoms with Crippen molar-refractivity contribution in [2.24, 2.45) is 0 Å².